The average Bonchev–Trinajstić information content (AvgIpc) is 2.58. The minimum absolute atomic E-state index is 0.778. The summed E-state index contributed by atoms with van der Waals surface area (Å²) in [6.45, 7) is 1.83. The normalized spacial score (nSPS) is 10.7. The zero-order chi connectivity index (χ0) is 10.2. The van der Waals surface area contributed by atoms with Crippen molar-refractivity contribution < 1.29 is 0 Å². The van der Waals surface area contributed by atoms with Crippen molar-refractivity contribution in [2.24, 2.45) is 7.05 Å². The molecular weight excluding hydrogens is 196 g/mol. The second kappa shape index (κ2) is 6.84. The Kier molecular flexibility index (Phi) is 5.63. The maximum absolute atomic E-state index is 4.18. The first-order valence-electron chi connectivity index (χ1n) is 4.87. The fraction of sp³-hybridized carbons (Fsp3) is 0.778. The van der Waals surface area contributed by atoms with Gasteiger partial charge in [0.1, 0.15) is 6.33 Å². The molecule has 1 heterocycles. The van der Waals surface area contributed by atoms with Gasteiger partial charge in [0.15, 0.2) is 5.82 Å². The summed E-state index contributed by atoms with van der Waals surface area (Å²) in [5, 5.41) is 7.51. The first kappa shape index (κ1) is 11.5. The van der Waals surface area contributed by atoms with E-state index >= 15 is 0 Å². The highest BCUT2D eigenvalue weighted by Gasteiger charge is 1.96. The SMILES string of the molecule is CSCCCCNCc1ncn(C)n1. The molecule has 0 atom stereocenters. The highest BCUT2D eigenvalue weighted by atomic mass is 32.2. The van der Waals surface area contributed by atoms with Crippen LogP contribution in [-0.4, -0.2) is 33.3 Å². The smallest absolute Gasteiger partial charge is 0.164 e. The van der Waals surface area contributed by atoms with Gasteiger partial charge in [-0.3, -0.25) is 4.68 Å². The van der Waals surface area contributed by atoms with Crippen molar-refractivity contribution >= 4 is 11.8 Å². The molecule has 1 N–H and O–H groups in total. The highest BCUT2D eigenvalue weighted by Crippen LogP contribution is 1.98. The summed E-state index contributed by atoms with van der Waals surface area (Å²) in [6.07, 6.45) is 6.38. The van der Waals surface area contributed by atoms with E-state index in [4.69, 9.17) is 0 Å². The molecule has 0 aromatic carbocycles. The van der Waals surface area contributed by atoms with Gasteiger partial charge in [0.25, 0.3) is 0 Å². The molecule has 0 unspecified atom stereocenters. The van der Waals surface area contributed by atoms with Crippen LogP contribution >= 0.6 is 11.8 Å². The van der Waals surface area contributed by atoms with Gasteiger partial charge in [0.05, 0.1) is 6.54 Å². The predicted octanol–water partition coefficient (Wildman–Crippen LogP) is 1.05. The maximum Gasteiger partial charge on any atom is 0.164 e. The van der Waals surface area contributed by atoms with Crippen LogP contribution in [-0.2, 0) is 13.6 Å². The molecule has 1 rings (SSSR count). The summed E-state index contributed by atoms with van der Waals surface area (Å²) in [6, 6.07) is 0. The third kappa shape index (κ3) is 4.62. The van der Waals surface area contributed by atoms with Crippen LogP contribution in [0.4, 0.5) is 0 Å². The van der Waals surface area contributed by atoms with Crippen LogP contribution in [0.5, 0.6) is 0 Å². The molecular formula is C9H18N4S. The lowest BCUT2D eigenvalue weighted by Gasteiger charge is -2.00. The van der Waals surface area contributed by atoms with E-state index in [1.165, 1.54) is 18.6 Å². The van der Waals surface area contributed by atoms with Gasteiger partial charge in [-0.25, -0.2) is 4.98 Å². The van der Waals surface area contributed by atoms with Gasteiger partial charge in [-0.2, -0.15) is 16.9 Å². The molecule has 1 aromatic heterocycles. The number of hydrogen-bond acceptors (Lipinski definition) is 4. The highest BCUT2D eigenvalue weighted by molar-refractivity contribution is 7.98. The Bertz CT molecular complexity index is 249. The van der Waals surface area contributed by atoms with Gasteiger partial charge in [-0.05, 0) is 31.4 Å². The predicted molar refractivity (Wildman–Crippen MR) is 60.3 cm³/mol. The van der Waals surface area contributed by atoms with E-state index in [1.54, 1.807) is 11.0 Å². The van der Waals surface area contributed by atoms with E-state index in [1.807, 2.05) is 18.8 Å². The summed E-state index contributed by atoms with van der Waals surface area (Å²) < 4.78 is 1.73. The van der Waals surface area contributed by atoms with Crippen molar-refractivity contribution in [3.8, 4) is 0 Å². The minimum atomic E-state index is 0.778. The molecule has 0 aliphatic heterocycles. The Morgan fingerprint density at radius 1 is 1.50 bits per heavy atom. The van der Waals surface area contributed by atoms with Crippen LogP contribution in [0.1, 0.15) is 18.7 Å². The van der Waals surface area contributed by atoms with Crippen LogP contribution in [0.2, 0.25) is 0 Å². The number of nitrogens with zero attached hydrogens (tertiary/aromatic N) is 3. The van der Waals surface area contributed by atoms with Crippen molar-refractivity contribution in [3.05, 3.63) is 12.2 Å². The Hall–Kier alpha value is -0.550. The van der Waals surface area contributed by atoms with Crippen molar-refractivity contribution in [1.82, 2.24) is 20.1 Å². The van der Waals surface area contributed by atoms with Crippen LogP contribution in [0.15, 0.2) is 6.33 Å². The van der Waals surface area contributed by atoms with E-state index in [0.29, 0.717) is 0 Å². The van der Waals surface area contributed by atoms with Gasteiger partial charge < -0.3 is 5.32 Å². The lowest BCUT2D eigenvalue weighted by Crippen LogP contribution is -2.16. The number of nitrogens with one attached hydrogen (secondary N) is 1. The van der Waals surface area contributed by atoms with Crippen LogP contribution in [0.25, 0.3) is 0 Å². The minimum Gasteiger partial charge on any atom is -0.310 e. The molecule has 0 bridgehead atoms. The summed E-state index contributed by atoms with van der Waals surface area (Å²) in [4.78, 5) is 4.13. The van der Waals surface area contributed by atoms with E-state index in [2.05, 4.69) is 21.7 Å². The molecule has 0 saturated carbocycles. The number of hydrogen-bond donors (Lipinski definition) is 1. The van der Waals surface area contributed by atoms with Crippen molar-refractivity contribution in [2.45, 2.75) is 19.4 Å². The molecule has 4 nitrogen and oxygen atoms in total. The van der Waals surface area contributed by atoms with Crippen molar-refractivity contribution in [1.29, 1.82) is 0 Å². The zero-order valence-electron chi connectivity index (χ0n) is 8.86. The van der Waals surface area contributed by atoms with Crippen molar-refractivity contribution in [3.63, 3.8) is 0 Å². The second-order valence-electron chi connectivity index (χ2n) is 3.21. The van der Waals surface area contributed by atoms with Crippen LogP contribution in [0.3, 0.4) is 0 Å². The summed E-state index contributed by atoms with van der Waals surface area (Å²) >= 11 is 1.90. The van der Waals surface area contributed by atoms with Gasteiger partial charge in [0.2, 0.25) is 0 Å². The number of unbranched alkanes of at least 4 members (excludes halogenated alkanes) is 1. The molecule has 5 heteroatoms. The van der Waals surface area contributed by atoms with E-state index in [0.717, 1.165) is 18.9 Å². The molecule has 0 fully saturated rings. The molecule has 80 valence electrons. The standard InChI is InChI=1S/C9H18N4S/c1-13-8-11-9(12-13)7-10-5-3-4-6-14-2/h8,10H,3-7H2,1-2H3. The van der Waals surface area contributed by atoms with Crippen molar-refractivity contribution in [2.75, 3.05) is 18.6 Å². The number of rotatable bonds is 7. The van der Waals surface area contributed by atoms with Crippen LogP contribution in [0, 0.1) is 0 Å². The fourth-order valence-corrected chi connectivity index (χ4v) is 1.65. The second-order valence-corrected chi connectivity index (χ2v) is 4.20. The van der Waals surface area contributed by atoms with E-state index in [-0.39, 0.29) is 0 Å². The van der Waals surface area contributed by atoms with Gasteiger partial charge in [0, 0.05) is 7.05 Å². The number of aryl methyl sites for hydroxylation is 1. The lowest BCUT2D eigenvalue weighted by molar-refractivity contribution is 0.618. The van der Waals surface area contributed by atoms with Crippen LogP contribution < -0.4 is 5.32 Å². The average molecular weight is 214 g/mol. The Morgan fingerprint density at radius 3 is 3.00 bits per heavy atom. The Labute approximate surface area is 89.5 Å². The fourth-order valence-electron chi connectivity index (χ4n) is 1.16. The summed E-state index contributed by atoms with van der Waals surface area (Å²) in [5.74, 6) is 2.13. The van der Waals surface area contributed by atoms with Gasteiger partial charge in [-0.15, -0.1) is 0 Å². The van der Waals surface area contributed by atoms with E-state index in [9.17, 15) is 0 Å². The number of thioether (sulfide) groups is 1. The summed E-state index contributed by atoms with van der Waals surface area (Å²) in [5.41, 5.74) is 0. The first-order chi connectivity index (χ1) is 6.83. The third-order valence-electron chi connectivity index (χ3n) is 1.88. The molecule has 0 spiro atoms. The molecule has 0 saturated heterocycles. The molecule has 0 radical (unpaired) electrons. The largest absolute Gasteiger partial charge is 0.310 e. The topological polar surface area (TPSA) is 42.7 Å². The molecule has 0 amide bonds. The van der Waals surface area contributed by atoms with Gasteiger partial charge >= 0.3 is 0 Å². The monoisotopic (exact) mass is 214 g/mol. The first-order valence-corrected chi connectivity index (χ1v) is 6.26. The van der Waals surface area contributed by atoms with Gasteiger partial charge in [-0.1, -0.05) is 0 Å². The molecule has 0 aliphatic rings. The Balaban J connectivity index is 1.99. The lowest BCUT2D eigenvalue weighted by atomic mass is 10.3. The number of aromatic nitrogens is 3. The Morgan fingerprint density at radius 2 is 2.36 bits per heavy atom. The molecule has 0 aliphatic carbocycles. The third-order valence-corrected chi connectivity index (χ3v) is 2.58. The zero-order valence-corrected chi connectivity index (χ0v) is 9.68. The molecule has 14 heavy (non-hydrogen) atoms. The summed E-state index contributed by atoms with van der Waals surface area (Å²) in [7, 11) is 1.88. The molecule has 1 aromatic rings. The quantitative estimate of drug-likeness (QED) is 0.689. The maximum atomic E-state index is 4.18. The van der Waals surface area contributed by atoms with E-state index < -0.39 is 0 Å².